The Kier molecular flexibility index (Phi) is 3.50. The second kappa shape index (κ2) is 4.54. The molecule has 0 aromatic rings. The predicted molar refractivity (Wildman–Crippen MR) is 75.4 cm³/mol. The Labute approximate surface area is 112 Å². The number of nitrogens with zero attached hydrogens (tertiary/aromatic N) is 1. The zero-order valence-corrected chi connectivity index (χ0v) is 12.8. The third-order valence-corrected chi connectivity index (χ3v) is 5.37. The number of hydrogen-bond acceptors (Lipinski definition) is 1. The van der Waals surface area contributed by atoms with E-state index in [-0.39, 0.29) is 5.41 Å². The van der Waals surface area contributed by atoms with Crippen LogP contribution in [0.2, 0.25) is 0 Å². The second-order valence-electron chi connectivity index (χ2n) is 7.25. The lowest BCUT2D eigenvalue weighted by Gasteiger charge is -2.36. The van der Waals surface area contributed by atoms with Gasteiger partial charge in [0.2, 0.25) is 5.91 Å². The largest absolute Gasteiger partial charge is 0.337 e. The number of rotatable bonds is 3. The molecule has 0 heterocycles. The molecule has 2 aliphatic rings. The van der Waals surface area contributed by atoms with Gasteiger partial charge < -0.3 is 4.90 Å². The molecule has 1 spiro atoms. The van der Waals surface area contributed by atoms with Crippen LogP contribution in [-0.4, -0.2) is 22.9 Å². The molecule has 104 valence electrons. The van der Waals surface area contributed by atoms with Gasteiger partial charge in [0, 0.05) is 12.1 Å². The maximum atomic E-state index is 12.9. The first kappa shape index (κ1) is 13.9. The van der Waals surface area contributed by atoms with Gasteiger partial charge in [-0.05, 0) is 52.4 Å². The summed E-state index contributed by atoms with van der Waals surface area (Å²) in [5.74, 6) is 0.411. The zero-order valence-electron chi connectivity index (χ0n) is 12.8. The highest BCUT2D eigenvalue weighted by Crippen LogP contribution is 2.71. The van der Waals surface area contributed by atoms with Gasteiger partial charge in [-0.2, -0.15) is 0 Å². The molecular formula is C16H29NO. The van der Waals surface area contributed by atoms with E-state index < -0.39 is 0 Å². The van der Waals surface area contributed by atoms with E-state index in [2.05, 4.69) is 39.5 Å². The van der Waals surface area contributed by atoms with Crippen molar-refractivity contribution in [3.8, 4) is 0 Å². The molecular weight excluding hydrogens is 222 g/mol. The average molecular weight is 251 g/mol. The van der Waals surface area contributed by atoms with Crippen LogP contribution in [0.1, 0.15) is 73.1 Å². The minimum Gasteiger partial charge on any atom is -0.337 e. The van der Waals surface area contributed by atoms with E-state index in [1.807, 2.05) is 0 Å². The van der Waals surface area contributed by atoms with Crippen molar-refractivity contribution in [3.05, 3.63) is 0 Å². The summed E-state index contributed by atoms with van der Waals surface area (Å²) in [5.41, 5.74) is 0.312. The Morgan fingerprint density at radius 1 is 1.00 bits per heavy atom. The lowest BCUT2D eigenvalue weighted by atomic mass is 9.79. The molecule has 1 amide bonds. The molecule has 2 fully saturated rings. The molecule has 0 saturated heterocycles. The molecule has 2 saturated carbocycles. The summed E-state index contributed by atoms with van der Waals surface area (Å²) in [7, 11) is 0. The van der Waals surface area contributed by atoms with Gasteiger partial charge >= 0.3 is 0 Å². The van der Waals surface area contributed by atoms with Crippen molar-refractivity contribution < 1.29 is 4.79 Å². The predicted octanol–water partition coefficient (Wildman–Crippen LogP) is 3.99. The number of carbonyl (C=O) groups is 1. The SMILES string of the molecule is CC(C)N(C(=O)[C@]1(C)CC12CCCCC2)C(C)C. The Bertz CT molecular complexity index is 320. The first-order valence-corrected chi connectivity index (χ1v) is 7.67. The third-order valence-electron chi connectivity index (χ3n) is 5.37. The topological polar surface area (TPSA) is 20.3 Å². The number of carbonyl (C=O) groups excluding carboxylic acids is 1. The van der Waals surface area contributed by atoms with E-state index in [9.17, 15) is 4.79 Å². The van der Waals surface area contributed by atoms with Crippen molar-refractivity contribution in [2.45, 2.75) is 85.2 Å². The lowest BCUT2D eigenvalue weighted by Crippen LogP contribution is -2.46. The molecule has 0 aromatic carbocycles. The van der Waals surface area contributed by atoms with Crippen molar-refractivity contribution in [2.24, 2.45) is 10.8 Å². The summed E-state index contributed by atoms with van der Waals surface area (Å²) in [4.78, 5) is 15.0. The van der Waals surface area contributed by atoms with E-state index in [4.69, 9.17) is 0 Å². The van der Waals surface area contributed by atoms with Gasteiger partial charge in [-0.3, -0.25) is 4.79 Å². The number of amides is 1. The Morgan fingerprint density at radius 3 is 1.94 bits per heavy atom. The van der Waals surface area contributed by atoms with Gasteiger partial charge in [0.25, 0.3) is 0 Å². The normalized spacial score (nSPS) is 29.9. The lowest BCUT2D eigenvalue weighted by molar-refractivity contribution is -0.142. The van der Waals surface area contributed by atoms with Crippen LogP contribution in [0.3, 0.4) is 0 Å². The molecule has 0 radical (unpaired) electrons. The van der Waals surface area contributed by atoms with E-state index >= 15 is 0 Å². The summed E-state index contributed by atoms with van der Waals surface area (Å²) in [6, 6.07) is 0.631. The molecule has 0 N–H and O–H groups in total. The summed E-state index contributed by atoms with van der Waals surface area (Å²) in [5, 5.41) is 0. The third kappa shape index (κ3) is 1.98. The summed E-state index contributed by atoms with van der Waals surface area (Å²) < 4.78 is 0. The van der Waals surface area contributed by atoms with E-state index in [0.29, 0.717) is 23.4 Å². The molecule has 2 rings (SSSR count). The van der Waals surface area contributed by atoms with Gasteiger partial charge in [-0.1, -0.05) is 26.2 Å². The monoisotopic (exact) mass is 251 g/mol. The van der Waals surface area contributed by atoms with Crippen LogP contribution >= 0.6 is 0 Å². The van der Waals surface area contributed by atoms with Crippen molar-refractivity contribution in [3.63, 3.8) is 0 Å². The van der Waals surface area contributed by atoms with Crippen molar-refractivity contribution in [1.82, 2.24) is 4.90 Å². The van der Waals surface area contributed by atoms with Gasteiger partial charge in [0.1, 0.15) is 0 Å². The Balaban J connectivity index is 2.14. The van der Waals surface area contributed by atoms with Crippen molar-refractivity contribution in [1.29, 1.82) is 0 Å². The first-order valence-electron chi connectivity index (χ1n) is 7.67. The van der Waals surface area contributed by atoms with Crippen LogP contribution in [0.5, 0.6) is 0 Å². The van der Waals surface area contributed by atoms with Crippen LogP contribution in [0, 0.1) is 10.8 Å². The first-order chi connectivity index (χ1) is 8.34. The molecule has 0 aromatic heterocycles. The van der Waals surface area contributed by atoms with Gasteiger partial charge in [-0.15, -0.1) is 0 Å². The van der Waals surface area contributed by atoms with Crippen LogP contribution in [0.4, 0.5) is 0 Å². The molecule has 2 aliphatic carbocycles. The van der Waals surface area contributed by atoms with E-state index in [1.54, 1.807) is 0 Å². The van der Waals surface area contributed by atoms with Gasteiger partial charge in [-0.25, -0.2) is 0 Å². The highest BCUT2D eigenvalue weighted by atomic mass is 16.2. The van der Waals surface area contributed by atoms with Crippen LogP contribution < -0.4 is 0 Å². The summed E-state index contributed by atoms with van der Waals surface area (Å²) in [6.07, 6.45) is 7.70. The maximum absolute atomic E-state index is 12.9. The molecule has 1 atom stereocenters. The van der Waals surface area contributed by atoms with Crippen LogP contribution in [0.25, 0.3) is 0 Å². The Morgan fingerprint density at radius 2 is 1.50 bits per heavy atom. The zero-order chi connectivity index (χ0) is 13.6. The quantitative estimate of drug-likeness (QED) is 0.742. The van der Waals surface area contributed by atoms with E-state index in [0.717, 1.165) is 6.42 Å². The minimum absolute atomic E-state index is 0.0536. The maximum Gasteiger partial charge on any atom is 0.229 e. The summed E-state index contributed by atoms with van der Waals surface area (Å²) >= 11 is 0. The molecule has 2 heteroatoms. The molecule has 0 bridgehead atoms. The van der Waals surface area contributed by atoms with Crippen molar-refractivity contribution >= 4 is 5.91 Å². The fourth-order valence-corrected chi connectivity index (χ4v) is 4.24. The van der Waals surface area contributed by atoms with Gasteiger partial charge in [0.15, 0.2) is 0 Å². The highest BCUT2D eigenvalue weighted by molar-refractivity contribution is 5.87. The molecule has 2 nitrogen and oxygen atoms in total. The fourth-order valence-electron chi connectivity index (χ4n) is 4.24. The number of hydrogen-bond donors (Lipinski definition) is 0. The minimum atomic E-state index is -0.0536. The second-order valence-corrected chi connectivity index (χ2v) is 7.25. The van der Waals surface area contributed by atoms with Gasteiger partial charge in [0.05, 0.1) is 5.41 Å². The molecule has 0 unspecified atom stereocenters. The smallest absolute Gasteiger partial charge is 0.229 e. The average Bonchev–Trinajstić information content (AvgIpc) is 2.84. The Hall–Kier alpha value is -0.530. The van der Waals surface area contributed by atoms with Crippen LogP contribution in [0.15, 0.2) is 0 Å². The van der Waals surface area contributed by atoms with Crippen molar-refractivity contribution in [2.75, 3.05) is 0 Å². The molecule has 0 aliphatic heterocycles. The van der Waals surface area contributed by atoms with Crippen LogP contribution in [-0.2, 0) is 4.79 Å². The molecule has 18 heavy (non-hydrogen) atoms. The summed E-state index contributed by atoms with van der Waals surface area (Å²) in [6.45, 7) is 10.8. The fraction of sp³-hybridized carbons (Fsp3) is 0.938. The standard InChI is InChI=1S/C16H29NO/c1-12(2)17(13(3)4)14(18)15(5)11-16(15)9-7-6-8-10-16/h12-13H,6-11H2,1-5H3/t15-/m0/s1. The highest BCUT2D eigenvalue weighted by Gasteiger charge is 2.68. The van der Waals surface area contributed by atoms with E-state index in [1.165, 1.54) is 32.1 Å².